The summed E-state index contributed by atoms with van der Waals surface area (Å²) in [6, 6.07) is 2.28. The summed E-state index contributed by atoms with van der Waals surface area (Å²) in [5, 5.41) is 4.93. The maximum absolute atomic E-state index is 11.1. The van der Waals surface area contributed by atoms with Crippen molar-refractivity contribution in [3.05, 3.63) is 12.1 Å². The van der Waals surface area contributed by atoms with E-state index in [0.717, 1.165) is 0 Å². The molecule has 0 fully saturated rings. The second-order valence-electron chi connectivity index (χ2n) is 3.26. The zero-order valence-electron chi connectivity index (χ0n) is 8.24. The first-order chi connectivity index (χ1) is 7.56. The van der Waals surface area contributed by atoms with Gasteiger partial charge in [0.1, 0.15) is 5.75 Å². The predicted molar refractivity (Wildman–Crippen MR) is 58.2 cm³/mol. The fourth-order valence-electron chi connectivity index (χ4n) is 1.38. The highest BCUT2D eigenvalue weighted by atomic mass is 16.5. The molecule has 0 spiro atoms. The van der Waals surface area contributed by atoms with Crippen molar-refractivity contribution in [1.29, 1.82) is 0 Å². The van der Waals surface area contributed by atoms with Gasteiger partial charge >= 0.3 is 6.03 Å². The van der Waals surface area contributed by atoms with E-state index in [0.29, 0.717) is 22.8 Å². The Morgan fingerprint density at radius 2 is 2.25 bits per heavy atom. The maximum Gasteiger partial charge on any atom is 0.316 e. The number of nitrogen functional groups attached to an aromatic ring is 1. The van der Waals surface area contributed by atoms with Crippen LogP contribution in [0.5, 0.6) is 5.75 Å². The molecule has 0 radical (unpaired) electrons. The van der Waals surface area contributed by atoms with Gasteiger partial charge < -0.3 is 26.8 Å². The molecule has 1 aliphatic heterocycles. The monoisotopic (exact) mass is 222 g/mol. The molecule has 3 amide bonds. The Bertz CT molecular complexity index is 472. The van der Waals surface area contributed by atoms with Gasteiger partial charge in [-0.2, -0.15) is 0 Å². The Balaban J connectivity index is 2.38. The summed E-state index contributed by atoms with van der Waals surface area (Å²) in [4.78, 5) is 21.8. The highest BCUT2D eigenvalue weighted by Crippen LogP contribution is 2.34. The largest absolute Gasteiger partial charge is 0.482 e. The molecule has 7 nitrogen and oxygen atoms in total. The molecule has 0 unspecified atom stereocenters. The smallest absolute Gasteiger partial charge is 0.316 e. The molecular formula is C9H10N4O3. The molecule has 84 valence electrons. The van der Waals surface area contributed by atoms with Crippen molar-refractivity contribution in [3.63, 3.8) is 0 Å². The van der Waals surface area contributed by atoms with Crippen LogP contribution < -0.4 is 26.8 Å². The Kier molecular flexibility index (Phi) is 2.28. The number of carbonyl (C=O) groups is 2. The second kappa shape index (κ2) is 3.61. The summed E-state index contributed by atoms with van der Waals surface area (Å²) in [7, 11) is 0. The van der Waals surface area contributed by atoms with E-state index in [1.54, 1.807) is 0 Å². The summed E-state index contributed by atoms with van der Waals surface area (Å²) in [5.41, 5.74) is 11.7. The first-order valence-electron chi connectivity index (χ1n) is 4.49. The number of primary amides is 1. The number of amides is 3. The van der Waals surface area contributed by atoms with E-state index in [-0.39, 0.29) is 12.5 Å². The van der Waals surface area contributed by atoms with Gasteiger partial charge in [0.15, 0.2) is 6.61 Å². The SMILES string of the molecule is NC(=O)Nc1cc2c(cc1N)OCC(=O)N2. The van der Waals surface area contributed by atoms with E-state index in [9.17, 15) is 9.59 Å². The number of urea groups is 1. The number of nitrogens with one attached hydrogen (secondary N) is 2. The third-order valence-corrected chi connectivity index (χ3v) is 2.04. The first kappa shape index (κ1) is 10.1. The van der Waals surface area contributed by atoms with Gasteiger partial charge in [0.05, 0.1) is 17.1 Å². The molecule has 0 saturated heterocycles. The molecule has 1 aromatic carbocycles. The number of rotatable bonds is 1. The van der Waals surface area contributed by atoms with E-state index in [1.165, 1.54) is 12.1 Å². The zero-order valence-corrected chi connectivity index (χ0v) is 8.24. The molecule has 0 saturated carbocycles. The van der Waals surface area contributed by atoms with Gasteiger partial charge in [-0.1, -0.05) is 0 Å². The topological polar surface area (TPSA) is 119 Å². The lowest BCUT2D eigenvalue weighted by atomic mass is 10.2. The number of nitrogens with two attached hydrogens (primary N) is 2. The molecular weight excluding hydrogens is 212 g/mol. The summed E-state index contributed by atoms with van der Waals surface area (Å²) in [5.74, 6) is 0.203. The molecule has 0 atom stereocenters. The average Bonchev–Trinajstić information content (AvgIpc) is 2.19. The van der Waals surface area contributed by atoms with Gasteiger partial charge in [0.2, 0.25) is 0 Å². The Morgan fingerprint density at radius 3 is 2.94 bits per heavy atom. The van der Waals surface area contributed by atoms with Crippen LogP contribution in [0.15, 0.2) is 12.1 Å². The van der Waals surface area contributed by atoms with Crippen molar-refractivity contribution in [2.75, 3.05) is 23.0 Å². The van der Waals surface area contributed by atoms with Crippen LogP contribution >= 0.6 is 0 Å². The summed E-state index contributed by atoms with van der Waals surface area (Å²) in [6.07, 6.45) is 0. The third kappa shape index (κ3) is 1.83. The fraction of sp³-hybridized carbons (Fsp3) is 0.111. The van der Waals surface area contributed by atoms with Crippen LogP contribution in [0, 0.1) is 0 Å². The summed E-state index contributed by atoms with van der Waals surface area (Å²) < 4.78 is 5.14. The van der Waals surface area contributed by atoms with E-state index in [2.05, 4.69) is 10.6 Å². The van der Waals surface area contributed by atoms with E-state index < -0.39 is 6.03 Å². The standard InChI is InChI=1S/C9H10N4O3/c10-4-1-7-6(12-8(14)3-16-7)2-5(4)13-9(11)15/h1-2H,3,10H2,(H,12,14)(H3,11,13,15). The highest BCUT2D eigenvalue weighted by Gasteiger charge is 2.18. The maximum atomic E-state index is 11.1. The second-order valence-corrected chi connectivity index (χ2v) is 3.26. The minimum atomic E-state index is -0.727. The molecule has 0 aromatic heterocycles. The van der Waals surface area contributed by atoms with Crippen LogP contribution in [0.2, 0.25) is 0 Å². The molecule has 6 N–H and O–H groups in total. The van der Waals surface area contributed by atoms with Gasteiger partial charge in [0.25, 0.3) is 5.91 Å². The summed E-state index contributed by atoms with van der Waals surface area (Å²) >= 11 is 0. The Labute approximate surface area is 90.7 Å². The van der Waals surface area contributed by atoms with Crippen LogP contribution in [-0.4, -0.2) is 18.5 Å². The number of anilines is 3. The molecule has 1 aromatic rings. The van der Waals surface area contributed by atoms with Gasteiger partial charge in [-0.25, -0.2) is 4.79 Å². The van der Waals surface area contributed by atoms with Gasteiger partial charge in [-0.15, -0.1) is 0 Å². The number of ether oxygens (including phenoxy) is 1. The van der Waals surface area contributed by atoms with Crippen molar-refractivity contribution < 1.29 is 14.3 Å². The highest BCUT2D eigenvalue weighted by molar-refractivity contribution is 5.99. The van der Waals surface area contributed by atoms with Gasteiger partial charge in [-0.3, -0.25) is 4.79 Å². The number of fused-ring (bicyclic) bond motifs is 1. The van der Waals surface area contributed by atoms with Crippen LogP contribution in [-0.2, 0) is 4.79 Å². The van der Waals surface area contributed by atoms with Crippen LogP contribution in [0.1, 0.15) is 0 Å². The quantitative estimate of drug-likeness (QED) is 0.503. The van der Waals surface area contributed by atoms with Crippen LogP contribution in [0.25, 0.3) is 0 Å². The number of hydrogen-bond donors (Lipinski definition) is 4. The van der Waals surface area contributed by atoms with Crippen LogP contribution in [0.3, 0.4) is 0 Å². The van der Waals surface area contributed by atoms with E-state index in [1.807, 2.05) is 0 Å². The molecule has 2 rings (SSSR count). The van der Waals surface area contributed by atoms with Crippen molar-refractivity contribution >= 4 is 29.0 Å². The van der Waals surface area contributed by atoms with Gasteiger partial charge in [0, 0.05) is 6.07 Å². The van der Waals surface area contributed by atoms with Crippen LogP contribution in [0.4, 0.5) is 21.9 Å². The van der Waals surface area contributed by atoms with Gasteiger partial charge in [-0.05, 0) is 6.07 Å². The lowest BCUT2D eigenvalue weighted by Gasteiger charge is -2.19. The minimum absolute atomic E-state index is 0.0466. The number of carbonyl (C=O) groups excluding carboxylic acids is 2. The molecule has 0 aliphatic carbocycles. The molecule has 0 bridgehead atoms. The number of hydrogen-bond acceptors (Lipinski definition) is 4. The summed E-state index contributed by atoms with van der Waals surface area (Å²) in [6.45, 7) is -0.0466. The first-order valence-corrected chi connectivity index (χ1v) is 4.49. The Hall–Kier alpha value is -2.44. The van der Waals surface area contributed by atoms with Crippen molar-refractivity contribution in [3.8, 4) is 5.75 Å². The molecule has 16 heavy (non-hydrogen) atoms. The van der Waals surface area contributed by atoms with Crippen molar-refractivity contribution in [2.24, 2.45) is 5.73 Å². The molecule has 1 heterocycles. The van der Waals surface area contributed by atoms with Crippen molar-refractivity contribution in [1.82, 2.24) is 0 Å². The lowest BCUT2D eigenvalue weighted by Crippen LogP contribution is -2.26. The van der Waals surface area contributed by atoms with E-state index in [4.69, 9.17) is 16.2 Å². The fourth-order valence-corrected chi connectivity index (χ4v) is 1.38. The number of benzene rings is 1. The van der Waals surface area contributed by atoms with E-state index >= 15 is 0 Å². The predicted octanol–water partition coefficient (Wildman–Crippen LogP) is 0.0903. The lowest BCUT2D eigenvalue weighted by molar-refractivity contribution is -0.118. The zero-order chi connectivity index (χ0) is 11.7. The Morgan fingerprint density at radius 1 is 1.50 bits per heavy atom. The minimum Gasteiger partial charge on any atom is -0.482 e. The third-order valence-electron chi connectivity index (χ3n) is 2.04. The van der Waals surface area contributed by atoms with Crippen molar-refractivity contribution in [2.45, 2.75) is 0 Å². The normalized spacial score (nSPS) is 13.4. The average molecular weight is 222 g/mol. The molecule has 7 heteroatoms. The molecule has 1 aliphatic rings.